The van der Waals surface area contributed by atoms with Crippen LogP contribution >= 0.6 is 0 Å². The van der Waals surface area contributed by atoms with E-state index in [1.54, 1.807) is 18.2 Å². The van der Waals surface area contributed by atoms with E-state index in [2.05, 4.69) is 10.3 Å². The van der Waals surface area contributed by atoms with Crippen LogP contribution in [0, 0.1) is 12.8 Å². The number of fused-ring (bicyclic) bond motifs is 1. The highest BCUT2D eigenvalue weighted by Crippen LogP contribution is 2.23. The van der Waals surface area contributed by atoms with Gasteiger partial charge in [-0.2, -0.15) is 0 Å². The largest absolute Gasteiger partial charge is 0.497 e. The summed E-state index contributed by atoms with van der Waals surface area (Å²) in [5.41, 5.74) is 2.80. The zero-order chi connectivity index (χ0) is 22.5. The van der Waals surface area contributed by atoms with Crippen LogP contribution in [0.1, 0.15) is 35.5 Å². The van der Waals surface area contributed by atoms with Gasteiger partial charge in [-0.3, -0.25) is 4.79 Å². The molecule has 1 atom stereocenters. The maximum Gasteiger partial charge on any atom is 0.329 e. The summed E-state index contributed by atoms with van der Waals surface area (Å²) < 4.78 is 17.8. The molecule has 2 heterocycles. The van der Waals surface area contributed by atoms with Crippen molar-refractivity contribution in [3.05, 3.63) is 59.5 Å². The molecular weight excluding hydrogens is 398 g/mol. The Morgan fingerprint density at radius 1 is 1.13 bits per heavy atom. The van der Waals surface area contributed by atoms with Gasteiger partial charge in [0.1, 0.15) is 29.8 Å². The van der Waals surface area contributed by atoms with Crippen LogP contribution in [0.3, 0.4) is 0 Å². The Kier molecular flexibility index (Phi) is 6.79. The maximum atomic E-state index is 12.8. The lowest BCUT2D eigenvalue weighted by molar-refractivity contribution is -0.148. The van der Waals surface area contributed by atoms with Gasteiger partial charge in [0.05, 0.1) is 19.9 Å². The molecule has 0 saturated carbocycles. The van der Waals surface area contributed by atoms with Crippen molar-refractivity contribution in [2.75, 3.05) is 14.2 Å². The number of nitrogens with zero attached hydrogens (tertiary/aromatic N) is 2. The van der Waals surface area contributed by atoms with Crippen LogP contribution in [-0.4, -0.2) is 41.5 Å². The molecule has 0 bridgehead atoms. The highest BCUT2D eigenvalue weighted by atomic mass is 16.5. The van der Waals surface area contributed by atoms with E-state index in [0.717, 1.165) is 11.2 Å². The number of aromatic nitrogens is 2. The predicted molar refractivity (Wildman–Crippen MR) is 115 cm³/mol. The number of carbonyl (C=O) groups excluding carboxylic acids is 2. The van der Waals surface area contributed by atoms with Gasteiger partial charge in [0.2, 0.25) is 0 Å². The number of pyridine rings is 1. The van der Waals surface area contributed by atoms with E-state index in [0.29, 0.717) is 22.8 Å². The number of hydrogen-bond acceptors (Lipinski definition) is 6. The van der Waals surface area contributed by atoms with Gasteiger partial charge in [-0.1, -0.05) is 19.9 Å². The minimum atomic E-state index is -0.816. The first-order valence-corrected chi connectivity index (χ1v) is 9.96. The first-order valence-electron chi connectivity index (χ1n) is 9.96. The fraction of sp³-hybridized carbons (Fsp3) is 0.348. The minimum absolute atomic E-state index is 0.0199. The molecule has 3 rings (SSSR count). The van der Waals surface area contributed by atoms with E-state index in [-0.39, 0.29) is 12.5 Å². The smallest absolute Gasteiger partial charge is 0.329 e. The number of amides is 1. The van der Waals surface area contributed by atoms with Gasteiger partial charge in [-0.05, 0) is 36.6 Å². The van der Waals surface area contributed by atoms with Crippen molar-refractivity contribution in [3.8, 4) is 11.5 Å². The number of methoxy groups -OCH3 is 2. The molecule has 0 fully saturated rings. The normalized spacial score (nSPS) is 11.9. The molecule has 1 amide bonds. The average molecular weight is 425 g/mol. The Labute approximate surface area is 181 Å². The highest BCUT2D eigenvalue weighted by molar-refractivity contribution is 5.97. The van der Waals surface area contributed by atoms with Gasteiger partial charge in [0, 0.05) is 24.0 Å². The molecule has 0 aliphatic carbocycles. The van der Waals surface area contributed by atoms with E-state index in [4.69, 9.17) is 14.2 Å². The molecule has 0 aliphatic rings. The number of rotatable bonds is 8. The number of imidazole rings is 1. The van der Waals surface area contributed by atoms with Crippen molar-refractivity contribution in [2.24, 2.45) is 5.92 Å². The molecule has 0 unspecified atom stereocenters. The van der Waals surface area contributed by atoms with Gasteiger partial charge in [-0.15, -0.1) is 0 Å². The molecular formula is C23H27N3O5. The second kappa shape index (κ2) is 9.51. The molecule has 1 aromatic carbocycles. The monoisotopic (exact) mass is 425 g/mol. The van der Waals surface area contributed by atoms with E-state index in [1.165, 1.54) is 14.2 Å². The molecule has 0 saturated heterocycles. The zero-order valence-electron chi connectivity index (χ0n) is 18.3. The molecule has 164 valence electrons. The quantitative estimate of drug-likeness (QED) is 0.558. The fourth-order valence-electron chi connectivity index (χ4n) is 3.17. The van der Waals surface area contributed by atoms with E-state index in [1.807, 2.05) is 49.7 Å². The Morgan fingerprint density at radius 2 is 1.81 bits per heavy atom. The molecule has 0 spiro atoms. The number of ether oxygens (including phenoxy) is 3. The molecule has 2 aromatic heterocycles. The lowest BCUT2D eigenvalue weighted by Gasteiger charge is -2.21. The maximum absolute atomic E-state index is 12.8. The van der Waals surface area contributed by atoms with Gasteiger partial charge in [-0.25, -0.2) is 9.78 Å². The van der Waals surface area contributed by atoms with Crippen LogP contribution in [0.2, 0.25) is 0 Å². The molecule has 8 nitrogen and oxygen atoms in total. The lowest BCUT2D eigenvalue weighted by Crippen LogP contribution is -2.45. The number of aryl methyl sites for hydroxylation is 1. The van der Waals surface area contributed by atoms with Gasteiger partial charge in [0.15, 0.2) is 0 Å². The molecule has 31 heavy (non-hydrogen) atoms. The van der Waals surface area contributed by atoms with Crippen molar-refractivity contribution in [1.82, 2.24) is 14.7 Å². The van der Waals surface area contributed by atoms with Crippen molar-refractivity contribution in [3.63, 3.8) is 0 Å². The van der Waals surface area contributed by atoms with Crippen molar-refractivity contribution in [2.45, 2.75) is 33.4 Å². The SMILES string of the molecule is COc1cc(OC)cc(C(=O)N[C@H](C(=O)OCc2cn3cccc(C)c3n2)C(C)C)c1. The molecule has 0 radical (unpaired) electrons. The average Bonchev–Trinajstić information content (AvgIpc) is 3.19. The lowest BCUT2D eigenvalue weighted by atomic mass is 10.0. The molecule has 0 aliphatic heterocycles. The summed E-state index contributed by atoms with van der Waals surface area (Å²) in [4.78, 5) is 30.0. The number of hydrogen-bond donors (Lipinski definition) is 1. The summed E-state index contributed by atoms with van der Waals surface area (Å²) in [5, 5.41) is 2.76. The van der Waals surface area contributed by atoms with Gasteiger partial charge >= 0.3 is 5.97 Å². The first-order chi connectivity index (χ1) is 14.8. The summed E-state index contributed by atoms with van der Waals surface area (Å²) in [6, 6.07) is 7.91. The first kappa shape index (κ1) is 22.1. The van der Waals surface area contributed by atoms with Crippen molar-refractivity contribution in [1.29, 1.82) is 0 Å². The van der Waals surface area contributed by atoms with Gasteiger partial charge in [0.25, 0.3) is 5.91 Å². The van der Waals surface area contributed by atoms with Crippen LogP contribution in [0.15, 0.2) is 42.7 Å². The molecule has 1 N–H and O–H groups in total. The van der Waals surface area contributed by atoms with E-state index >= 15 is 0 Å². The standard InChI is InChI=1S/C23H27N3O5/c1-14(2)20(25-22(27)16-9-18(29-4)11-19(10-16)30-5)23(28)31-13-17-12-26-8-6-7-15(3)21(26)24-17/h6-12,14,20H,13H2,1-5H3,(H,25,27)/t20-/m0/s1. The zero-order valence-corrected chi connectivity index (χ0v) is 18.3. The Balaban J connectivity index is 1.70. The Bertz CT molecular complexity index is 1070. The number of benzene rings is 1. The molecule has 3 aromatic rings. The summed E-state index contributed by atoms with van der Waals surface area (Å²) in [5.74, 6) is -0.152. The van der Waals surface area contributed by atoms with Crippen LogP contribution in [0.4, 0.5) is 0 Å². The van der Waals surface area contributed by atoms with Crippen molar-refractivity contribution >= 4 is 17.5 Å². The summed E-state index contributed by atoms with van der Waals surface area (Å²) in [6.07, 6.45) is 3.71. The van der Waals surface area contributed by atoms with Crippen LogP contribution in [0.5, 0.6) is 11.5 Å². The van der Waals surface area contributed by atoms with Crippen LogP contribution in [-0.2, 0) is 16.1 Å². The number of nitrogens with one attached hydrogen (secondary N) is 1. The Hall–Kier alpha value is -3.55. The number of carbonyl (C=O) groups is 2. The third-order valence-electron chi connectivity index (χ3n) is 4.91. The fourth-order valence-corrected chi connectivity index (χ4v) is 3.17. The summed E-state index contributed by atoms with van der Waals surface area (Å²) in [7, 11) is 3.01. The topological polar surface area (TPSA) is 91.2 Å². The second-order valence-corrected chi connectivity index (χ2v) is 7.56. The van der Waals surface area contributed by atoms with E-state index in [9.17, 15) is 9.59 Å². The summed E-state index contributed by atoms with van der Waals surface area (Å²) >= 11 is 0. The Morgan fingerprint density at radius 3 is 2.39 bits per heavy atom. The number of esters is 1. The minimum Gasteiger partial charge on any atom is -0.497 e. The third-order valence-corrected chi connectivity index (χ3v) is 4.91. The van der Waals surface area contributed by atoms with Gasteiger partial charge < -0.3 is 23.9 Å². The van der Waals surface area contributed by atoms with E-state index < -0.39 is 17.9 Å². The van der Waals surface area contributed by atoms with Crippen molar-refractivity contribution < 1.29 is 23.8 Å². The highest BCUT2D eigenvalue weighted by Gasteiger charge is 2.27. The second-order valence-electron chi connectivity index (χ2n) is 7.56. The third kappa shape index (κ3) is 5.14. The summed E-state index contributed by atoms with van der Waals surface area (Å²) in [6.45, 7) is 5.67. The van der Waals surface area contributed by atoms with Crippen LogP contribution < -0.4 is 14.8 Å². The van der Waals surface area contributed by atoms with Crippen LogP contribution in [0.25, 0.3) is 5.65 Å². The predicted octanol–water partition coefficient (Wildman–Crippen LogP) is 3.16. The molecule has 8 heteroatoms.